The zero-order valence-electron chi connectivity index (χ0n) is 81.3. The predicted octanol–water partition coefficient (Wildman–Crippen LogP) is 14.8. The van der Waals surface area contributed by atoms with E-state index in [2.05, 4.69) is 59.4 Å². The number of amides is 3. The van der Waals surface area contributed by atoms with Crippen LogP contribution in [0.2, 0.25) is 0 Å². The van der Waals surface area contributed by atoms with Crippen molar-refractivity contribution in [2.75, 3.05) is 167 Å². The second-order valence-electron chi connectivity index (χ2n) is 36.5. The molecule has 144 heavy (non-hydrogen) atoms. The van der Waals surface area contributed by atoms with Gasteiger partial charge in [-0.15, -0.1) is 35.3 Å². The maximum absolute atomic E-state index is 16.1. The molecule has 0 unspecified atom stereocenters. The highest BCUT2D eigenvalue weighted by molar-refractivity contribution is 7.99. The standard InChI is InChI=1S/2C34H37F2N7O4S.C33H33F4N7O3S/c1-7-27(45)40-11-12-42(19(4)15-40)32-21-13-23(36)30(28-22(35)9-8-10-24(28)44)38-33(21)43(34(46)39-32)31-25(48-6)14-26(37-29(31)18(2)3)41-16-20(17-41)47-5;1-6-27(45)41-10-11-42(20(4)18-41)32-21-16-23(36)30(28-22(35)8-7-9-24(28)44)38-33(21)43(34(46)39-32)31-25(48-5)17-26(37-29(31)19(2)3)40-12-14-47-15-13-40;1-6-25(46)41-10-11-43(18(4)14-41)30-19-12-21(35)28(26-20(34)8-7-9-22(26)45)39-31(19)44(32(47)40-30)29-23(48-5)13-24(38-27(29)17(2)3)42-15-33(36,37)16-42/h7-10,13-14,18-20,44H,1,11-12,15-17H2,2-6H3;6-9,16-17,19-20,44H,1,10-15,18H2,2-5H3;6-9,12-13,17-18,45H,1,10-11,14-16H2,2-5H3/t19-;20-;18-/m000/s1. The van der Waals surface area contributed by atoms with Crippen molar-refractivity contribution in [1.29, 1.82) is 0 Å². The van der Waals surface area contributed by atoms with Gasteiger partial charge in [0.1, 0.15) is 86.7 Å². The van der Waals surface area contributed by atoms with Gasteiger partial charge in [-0.2, -0.15) is 15.0 Å². The number of benzene rings is 3. The first kappa shape index (κ1) is 103. The van der Waals surface area contributed by atoms with Crippen LogP contribution in [0.5, 0.6) is 17.2 Å². The summed E-state index contributed by atoms with van der Waals surface area (Å²) < 4.78 is 136. The molecule has 43 heteroatoms. The molecule has 6 aliphatic rings. The molecule has 0 spiro atoms. The molecule has 0 bridgehead atoms. The van der Waals surface area contributed by atoms with Gasteiger partial charge in [-0.25, -0.2) is 93.1 Å². The summed E-state index contributed by atoms with van der Waals surface area (Å²) in [5.41, 5.74) is -2.20. The number of thioether (sulfide) groups is 3. The third-order valence-electron chi connectivity index (χ3n) is 26.1. The van der Waals surface area contributed by atoms with Crippen LogP contribution in [0, 0.1) is 34.9 Å². The molecule has 3 atom stereocenters. The van der Waals surface area contributed by atoms with Gasteiger partial charge in [0.25, 0.3) is 5.92 Å². The van der Waals surface area contributed by atoms with Gasteiger partial charge in [-0.1, -0.05) is 79.5 Å². The predicted molar refractivity (Wildman–Crippen MR) is 541 cm³/mol. The highest BCUT2D eigenvalue weighted by Crippen LogP contribution is 2.47. The number of hydrogen-bond acceptors (Lipinski definition) is 29. The smallest absolute Gasteiger partial charge is 0.355 e. The molecule has 6 aliphatic heterocycles. The summed E-state index contributed by atoms with van der Waals surface area (Å²) in [6.45, 7) is 33.4. The van der Waals surface area contributed by atoms with Crippen LogP contribution in [-0.4, -0.2) is 274 Å². The monoisotopic (exact) mass is 2040 g/mol. The minimum Gasteiger partial charge on any atom is -0.507 e. The van der Waals surface area contributed by atoms with E-state index < -0.39 is 122 Å². The Bertz CT molecular complexity index is 7250. The van der Waals surface area contributed by atoms with Crippen molar-refractivity contribution in [1.82, 2.24) is 73.3 Å². The van der Waals surface area contributed by atoms with Crippen molar-refractivity contribution < 1.29 is 74.3 Å². The lowest BCUT2D eigenvalue weighted by Gasteiger charge is -2.40. The van der Waals surface area contributed by atoms with Crippen LogP contribution in [0.1, 0.15) is 97.1 Å². The number of carbonyl (C=O) groups is 3. The van der Waals surface area contributed by atoms with Crippen molar-refractivity contribution in [3.63, 3.8) is 0 Å². The Balaban J connectivity index is 0.000000155. The fraction of sp³-hybridized carbons (Fsp3) is 0.376. The van der Waals surface area contributed by atoms with Crippen molar-refractivity contribution in [2.45, 2.75) is 125 Å². The first-order valence-electron chi connectivity index (χ1n) is 46.6. The third kappa shape index (κ3) is 19.9. The summed E-state index contributed by atoms with van der Waals surface area (Å²) in [6, 6.07) is 18.8. The number of anilines is 6. The topological polar surface area (TPSA) is 342 Å². The first-order valence-corrected chi connectivity index (χ1v) is 50.3. The number of piperazine rings is 3. The molecule has 0 aliphatic carbocycles. The van der Waals surface area contributed by atoms with Crippen LogP contribution < -0.4 is 46.5 Å². The molecule has 6 fully saturated rings. The fourth-order valence-corrected chi connectivity index (χ4v) is 20.6. The van der Waals surface area contributed by atoms with E-state index in [-0.39, 0.29) is 136 Å². The van der Waals surface area contributed by atoms with E-state index in [1.807, 2.05) is 96.8 Å². The van der Waals surface area contributed by atoms with Gasteiger partial charge in [0, 0.05) is 125 Å². The molecule has 3 N–H and O–H groups in total. The Morgan fingerprint density at radius 2 is 0.722 bits per heavy atom. The lowest BCUT2D eigenvalue weighted by atomic mass is 10.1. The van der Waals surface area contributed by atoms with Crippen LogP contribution in [0.3, 0.4) is 0 Å². The SMILES string of the molecule is C=CC(=O)N1CCN(c2nc(=O)n(-c3c(SC)cc(N4CC(F)(F)C4)nc3C(C)C)c3nc(-c4c(O)cccc4F)c(F)cc23)[C@@H](C)C1.C=CC(=O)N1CCN(c2nc(=O)n(-c3c(SC)cc(N4CC(OC)C4)nc3C(C)C)c3nc(-c4c(O)cccc4F)c(F)cc23)[C@@H](C)C1.C=CC(=O)N1CCN(c2nc(=O)n(-c3c(SC)cc(N4CCOCC4)nc3C(C)C)c3nc(-c4c(O)cccc4F)c(F)cc23)[C@@H](C)C1. The van der Waals surface area contributed by atoms with E-state index in [1.54, 1.807) is 39.0 Å². The summed E-state index contributed by atoms with van der Waals surface area (Å²) in [4.78, 5) is 140. The first-order chi connectivity index (χ1) is 68.7. The number of aromatic nitrogens is 12. The minimum absolute atomic E-state index is 0.0241. The summed E-state index contributed by atoms with van der Waals surface area (Å²) >= 11 is 4.09. The summed E-state index contributed by atoms with van der Waals surface area (Å²) in [7, 11) is 1.67. The minimum atomic E-state index is -2.84. The molecule has 3 amide bonds. The maximum atomic E-state index is 16.1. The number of alkyl halides is 2. The number of pyridine rings is 6. The van der Waals surface area contributed by atoms with E-state index >= 15 is 26.3 Å². The molecule has 15 heterocycles. The van der Waals surface area contributed by atoms with Crippen molar-refractivity contribution in [3.05, 3.63) is 212 Å². The molecule has 0 radical (unpaired) electrons. The molecule has 32 nitrogen and oxygen atoms in total. The van der Waals surface area contributed by atoms with Gasteiger partial charge < -0.3 is 68.9 Å². The maximum Gasteiger partial charge on any atom is 0.355 e. The lowest BCUT2D eigenvalue weighted by molar-refractivity contribution is -0.127. The second kappa shape index (κ2) is 42.3. The molecular formula is C101H107F8N21O11S3. The highest BCUT2D eigenvalue weighted by atomic mass is 32.2. The number of morpholine rings is 1. The number of aromatic hydroxyl groups is 3. The van der Waals surface area contributed by atoms with Gasteiger partial charge in [0.05, 0.1) is 99.4 Å². The number of phenolic OH excluding ortho intramolecular Hbond substituents is 3. The number of nitrogens with zero attached hydrogens (tertiary/aromatic N) is 21. The third-order valence-corrected chi connectivity index (χ3v) is 28.4. The Kier molecular flexibility index (Phi) is 30.3. The number of fused-ring (bicyclic) bond motifs is 3. The number of carbonyl (C=O) groups excluding carboxylic acids is 3. The summed E-state index contributed by atoms with van der Waals surface area (Å²) in [6.07, 6.45) is 9.36. The summed E-state index contributed by atoms with van der Waals surface area (Å²) in [5.74, 6) is -8.84. The molecular weight excluding hydrogens is 1930 g/mol. The quantitative estimate of drug-likeness (QED) is 0.0322. The average molecular weight is 2040 g/mol. The second-order valence-corrected chi connectivity index (χ2v) is 39.1. The van der Waals surface area contributed by atoms with Gasteiger partial charge in [-0.3, -0.25) is 14.4 Å². The molecule has 0 saturated carbocycles. The van der Waals surface area contributed by atoms with Crippen molar-refractivity contribution in [3.8, 4) is 68.1 Å². The van der Waals surface area contributed by atoms with Crippen LogP contribution >= 0.6 is 35.3 Å². The van der Waals surface area contributed by atoms with Gasteiger partial charge in [-0.05, 0) is 148 Å². The molecule has 3 aromatic carbocycles. The van der Waals surface area contributed by atoms with Crippen LogP contribution in [0.15, 0.2) is 158 Å². The number of hydrogen-bond donors (Lipinski definition) is 3. The Morgan fingerprint density at radius 3 is 0.986 bits per heavy atom. The number of rotatable bonds is 22. The summed E-state index contributed by atoms with van der Waals surface area (Å²) in [5, 5.41) is 32.3. The van der Waals surface area contributed by atoms with Crippen LogP contribution in [-0.2, 0) is 23.9 Å². The van der Waals surface area contributed by atoms with E-state index in [9.17, 15) is 52.9 Å². The van der Waals surface area contributed by atoms with Crippen molar-refractivity contribution >= 4 is 121 Å². The Labute approximate surface area is 835 Å². The number of phenols is 3. The van der Waals surface area contributed by atoms with Crippen LogP contribution in [0.4, 0.5) is 70.0 Å². The molecule has 6 saturated heterocycles. The molecule has 12 aromatic rings. The van der Waals surface area contributed by atoms with Crippen LogP contribution in [0.25, 0.3) is 83.9 Å². The van der Waals surface area contributed by atoms with E-state index in [0.29, 0.717) is 123 Å². The Hall–Kier alpha value is -13.8. The highest BCUT2D eigenvalue weighted by Gasteiger charge is 2.46. The molecule has 18 rings (SSSR count). The normalized spacial score (nSPS) is 17.2. The van der Waals surface area contributed by atoms with E-state index in [0.717, 1.165) is 40.8 Å². The number of halogens is 8. The molecule has 756 valence electrons. The average Bonchev–Trinajstić information content (AvgIpc) is 0.734. The molecule has 9 aromatic heterocycles. The lowest BCUT2D eigenvalue weighted by Crippen LogP contribution is -2.56. The van der Waals surface area contributed by atoms with Gasteiger partial charge in [0.15, 0.2) is 34.4 Å². The van der Waals surface area contributed by atoms with Gasteiger partial charge in [0.2, 0.25) is 17.7 Å². The van der Waals surface area contributed by atoms with Crippen molar-refractivity contribution in [2.24, 2.45) is 0 Å². The number of methoxy groups -OCH3 is 1. The zero-order valence-corrected chi connectivity index (χ0v) is 83.8. The fourth-order valence-electron chi connectivity index (χ4n) is 18.8. The Morgan fingerprint density at radius 1 is 0.424 bits per heavy atom. The van der Waals surface area contributed by atoms with Gasteiger partial charge >= 0.3 is 17.1 Å². The van der Waals surface area contributed by atoms with E-state index in [4.69, 9.17) is 24.4 Å². The largest absolute Gasteiger partial charge is 0.507 e. The van der Waals surface area contributed by atoms with E-state index in [1.165, 1.54) is 121 Å². The zero-order chi connectivity index (χ0) is 103. The number of ether oxygens (including phenoxy) is 2.